The van der Waals surface area contributed by atoms with Crippen LogP contribution < -0.4 is 16.6 Å². The number of thiophene rings is 1. The fraction of sp³-hybridized carbons (Fsp3) is 0.182. The number of hydrogen-bond acceptors (Lipinski definition) is 8. The number of hydrazine groups is 1. The van der Waals surface area contributed by atoms with Gasteiger partial charge in [0, 0.05) is 6.07 Å². The van der Waals surface area contributed by atoms with Gasteiger partial charge in [0.15, 0.2) is 0 Å². The Morgan fingerprint density at radius 1 is 1.42 bits per heavy atom. The third kappa shape index (κ3) is 2.35. The van der Waals surface area contributed by atoms with Crippen LogP contribution in [0, 0.1) is 6.92 Å². The summed E-state index contributed by atoms with van der Waals surface area (Å²) in [6, 6.07) is 3.85. The quantitative estimate of drug-likeness (QED) is 0.494. The molecule has 3 heterocycles. The Balaban J connectivity index is 1.88. The zero-order chi connectivity index (χ0) is 13.2. The molecule has 0 aliphatic heterocycles. The van der Waals surface area contributed by atoms with Gasteiger partial charge in [-0.2, -0.15) is 4.98 Å². The first kappa shape index (κ1) is 11.9. The van der Waals surface area contributed by atoms with Crippen molar-refractivity contribution in [2.75, 3.05) is 10.7 Å². The fourth-order valence-electron chi connectivity index (χ4n) is 1.73. The van der Waals surface area contributed by atoms with E-state index in [1.54, 1.807) is 0 Å². The van der Waals surface area contributed by atoms with Crippen molar-refractivity contribution in [2.24, 2.45) is 5.84 Å². The van der Waals surface area contributed by atoms with Gasteiger partial charge in [0.1, 0.15) is 22.1 Å². The molecule has 0 saturated heterocycles. The summed E-state index contributed by atoms with van der Waals surface area (Å²) in [5, 5.41) is 10.1. The van der Waals surface area contributed by atoms with E-state index in [-0.39, 0.29) is 0 Å². The van der Waals surface area contributed by atoms with Crippen LogP contribution in [-0.2, 0) is 6.54 Å². The summed E-state index contributed by atoms with van der Waals surface area (Å²) in [5.74, 6) is 7.25. The molecule has 98 valence electrons. The number of fused-ring (bicyclic) bond motifs is 1. The summed E-state index contributed by atoms with van der Waals surface area (Å²) >= 11 is 1.54. The van der Waals surface area contributed by atoms with E-state index in [1.165, 1.54) is 11.3 Å². The average molecular weight is 276 g/mol. The van der Waals surface area contributed by atoms with Crippen molar-refractivity contribution < 1.29 is 4.52 Å². The van der Waals surface area contributed by atoms with Crippen LogP contribution in [0.15, 0.2) is 22.0 Å². The molecule has 3 aromatic heterocycles. The highest BCUT2D eigenvalue weighted by molar-refractivity contribution is 7.16. The molecule has 0 aromatic carbocycles. The van der Waals surface area contributed by atoms with E-state index in [2.05, 4.69) is 25.9 Å². The standard InChI is InChI=1S/C11H12N6OS/c1-6-4-7(17-18-6)5-13-9-8-2-3-19-10(8)15-11(14-9)16-12/h2-4H,5,12H2,1H3,(H2,13,14,15,16). The van der Waals surface area contributed by atoms with E-state index in [0.29, 0.717) is 12.5 Å². The van der Waals surface area contributed by atoms with Gasteiger partial charge in [0.25, 0.3) is 0 Å². The van der Waals surface area contributed by atoms with Crippen LogP contribution >= 0.6 is 11.3 Å². The van der Waals surface area contributed by atoms with E-state index in [1.807, 2.05) is 24.4 Å². The summed E-state index contributed by atoms with van der Waals surface area (Å²) in [6.45, 7) is 2.39. The third-order valence-corrected chi connectivity index (χ3v) is 3.37. The number of anilines is 2. The molecule has 0 amide bonds. The number of rotatable bonds is 4. The number of hydrogen-bond donors (Lipinski definition) is 3. The highest BCUT2D eigenvalue weighted by Gasteiger charge is 2.09. The van der Waals surface area contributed by atoms with Gasteiger partial charge in [-0.15, -0.1) is 11.3 Å². The van der Waals surface area contributed by atoms with Crippen molar-refractivity contribution in [1.82, 2.24) is 15.1 Å². The van der Waals surface area contributed by atoms with Crippen LogP contribution in [0.4, 0.5) is 11.8 Å². The summed E-state index contributed by atoms with van der Waals surface area (Å²) < 4.78 is 5.02. The lowest BCUT2D eigenvalue weighted by Crippen LogP contribution is -2.12. The Kier molecular flexibility index (Phi) is 3.02. The van der Waals surface area contributed by atoms with Gasteiger partial charge < -0.3 is 9.84 Å². The topological polar surface area (TPSA) is 102 Å². The Hall–Kier alpha value is -2.19. The maximum absolute atomic E-state index is 5.36. The van der Waals surface area contributed by atoms with E-state index in [4.69, 9.17) is 10.4 Å². The molecule has 8 heteroatoms. The number of aryl methyl sites for hydroxylation is 1. The zero-order valence-electron chi connectivity index (χ0n) is 10.2. The van der Waals surface area contributed by atoms with Crippen molar-refractivity contribution in [3.8, 4) is 0 Å². The van der Waals surface area contributed by atoms with E-state index < -0.39 is 0 Å². The van der Waals surface area contributed by atoms with Crippen LogP contribution in [0.3, 0.4) is 0 Å². The number of aromatic nitrogens is 3. The van der Waals surface area contributed by atoms with E-state index in [9.17, 15) is 0 Å². The van der Waals surface area contributed by atoms with E-state index in [0.717, 1.165) is 27.5 Å². The number of nitrogens with two attached hydrogens (primary N) is 1. The first-order valence-corrected chi connectivity index (χ1v) is 6.52. The highest BCUT2D eigenvalue weighted by Crippen LogP contribution is 2.26. The SMILES string of the molecule is Cc1cc(CNc2nc(NN)nc3sccc23)no1. The molecule has 0 fully saturated rings. The molecule has 0 saturated carbocycles. The lowest BCUT2D eigenvalue weighted by Gasteiger charge is -2.06. The lowest BCUT2D eigenvalue weighted by molar-refractivity contribution is 0.391. The molecule has 0 radical (unpaired) electrons. The van der Waals surface area contributed by atoms with Crippen molar-refractivity contribution in [1.29, 1.82) is 0 Å². The zero-order valence-corrected chi connectivity index (χ0v) is 11.0. The largest absolute Gasteiger partial charge is 0.364 e. The summed E-state index contributed by atoms with van der Waals surface area (Å²) in [5.41, 5.74) is 3.28. The Labute approximate surface area is 112 Å². The molecule has 0 atom stereocenters. The minimum atomic E-state index is 0.383. The average Bonchev–Trinajstić information content (AvgIpc) is 3.04. The molecule has 0 aliphatic rings. The first-order valence-electron chi connectivity index (χ1n) is 5.64. The molecule has 0 unspecified atom stereocenters. The lowest BCUT2D eigenvalue weighted by atomic mass is 10.3. The first-order chi connectivity index (χ1) is 9.26. The van der Waals surface area contributed by atoms with E-state index >= 15 is 0 Å². The third-order valence-electron chi connectivity index (χ3n) is 2.57. The minimum absolute atomic E-state index is 0.383. The molecular formula is C11H12N6OS. The number of nitrogens with one attached hydrogen (secondary N) is 2. The van der Waals surface area contributed by atoms with Gasteiger partial charge >= 0.3 is 0 Å². The molecule has 3 aromatic rings. The molecule has 4 N–H and O–H groups in total. The van der Waals surface area contributed by atoms with Crippen LogP contribution in [0.5, 0.6) is 0 Å². The van der Waals surface area contributed by atoms with Gasteiger partial charge in [0.2, 0.25) is 5.95 Å². The van der Waals surface area contributed by atoms with Crippen molar-refractivity contribution in [3.05, 3.63) is 29.0 Å². The maximum atomic E-state index is 5.36. The van der Waals surface area contributed by atoms with Crippen LogP contribution in [0.2, 0.25) is 0 Å². The molecule has 0 aliphatic carbocycles. The monoisotopic (exact) mass is 276 g/mol. The van der Waals surface area contributed by atoms with Gasteiger partial charge in [-0.05, 0) is 18.4 Å². The Morgan fingerprint density at radius 2 is 2.32 bits per heavy atom. The van der Waals surface area contributed by atoms with Gasteiger partial charge in [-0.3, -0.25) is 5.43 Å². The van der Waals surface area contributed by atoms with Crippen molar-refractivity contribution in [2.45, 2.75) is 13.5 Å². The summed E-state index contributed by atoms with van der Waals surface area (Å²) in [7, 11) is 0. The molecule has 0 spiro atoms. The normalized spacial score (nSPS) is 10.8. The summed E-state index contributed by atoms with van der Waals surface area (Å²) in [6.07, 6.45) is 0. The molecule has 7 nitrogen and oxygen atoms in total. The predicted octanol–water partition coefficient (Wildman–Crippen LogP) is 1.89. The smallest absolute Gasteiger partial charge is 0.240 e. The van der Waals surface area contributed by atoms with Gasteiger partial charge in [-0.1, -0.05) is 5.16 Å². The molecular weight excluding hydrogens is 264 g/mol. The predicted molar refractivity (Wildman–Crippen MR) is 73.8 cm³/mol. The molecule has 0 bridgehead atoms. The highest BCUT2D eigenvalue weighted by atomic mass is 32.1. The van der Waals surface area contributed by atoms with Crippen LogP contribution in [-0.4, -0.2) is 15.1 Å². The fourth-order valence-corrected chi connectivity index (χ4v) is 2.49. The number of nitrogens with zero attached hydrogens (tertiary/aromatic N) is 3. The Bertz CT molecular complexity index is 706. The molecule has 19 heavy (non-hydrogen) atoms. The number of nitrogen functional groups attached to an aromatic ring is 1. The van der Waals surface area contributed by atoms with Crippen LogP contribution in [0.25, 0.3) is 10.2 Å². The second kappa shape index (κ2) is 4.82. The minimum Gasteiger partial charge on any atom is -0.364 e. The van der Waals surface area contributed by atoms with Crippen LogP contribution in [0.1, 0.15) is 11.5 Å². The maximum Gasteiger partial charge on any atom is 0.240 e. The van der Waals surface area contributed by atoms with Gasteiger partial charge in [-0.25, -0.2) is 10.8 Å². The van der Waals surface area contributed by atoms with Crippen molar-refractivity contribution in [3.63, 3.8) is 0 Å². The second-order valence-electron chi connectivity index (χ2n) is 3.96. The van der Waals surface area contributed by atoms with Crippen molar-refractivity contribution >= 4 is 33.3 Å². The Morgan fingerprint density at radius 3 is 3.05 bits per heavy atom. The van der Waals surface area contributed by atoms with Gasteiger partial charge in [0.05, 0.1) is 11.9 Å². The molecule has 3 rings (SSSR count). The summed E-state index contributed by atoms with van der Waals surface area (Å²) in [4.78, 5) is 9.45. The second-order valence-corrected chi connectivity index (χ2v) is 4.86.